The molecule has 116 valence electrons. The van der Waals surface area contributed by atoms with Crippen molar-refractivity contribution >= 4 is 40.3 Å². The van der Waals surface area contributed by atoms with Crippen molar-refractivity contribution in [2.24, 2.45) is 0 Å². The third-order valence-corrected chi connectivity index (χ3v) is 3.70. The van der Waals surface area contributed by atoms with E-state index < -0.39 is 0 Å². The van der Waals surface area contributed by atoms with Gasteiger partial charge in [0, 0.05) is 11.1 Å². The summed E-state index contributed by atoms with van der Waals surface area (Å²) >= 11 is 6.62. The van der Waals surface area contributed by atoms with E-state index in [1.807, 2.05) is 36.6 Å². The summed E-state index contributed by atoms with van der Waals surface area (Å²) in [6.45, 7) is 1.90. The molecular weight excluding hydrogens is 320 g/mol. The lowest BCUT2D eigenvalue weighted by molar-refractivity contribution is -0.121. The SMILES string of the molecule is COc1ccc(NC(=S)NNC(=O)Cc2csc(C)n2)cc1. The molecule has 1 aromatic carbocycles. The number of nitrogens with one attached hydrogen (secondary N) is 3. The fraction of sp³-hybridized carbons (Fsp3) is 0.214. The van der Waals surface area contributed by atoms with Crippen molar-refractivity contribution in [3.63, 3.8) is 0 Å². The normalized spacial score (nSPS) is 9.91. The highest BCUT2D eigenvalue weighted by atomic mass is 32.1. The highest BCUT2D eigenvalue weighted by Gasteiger charge is 2.06. The maximum Gasteiger partial charge on any atom is 0.244 e. The Morgan fingerprint density at radius 3 is 2.64 bits per heavy atom. The summed E-state index contributed by atoms with van der Waals surface area (Å²) in [5.74, 6) is 0.556. The molecule has 0 radical (unpaired) electrons. The maximum atomic E-state index is 11.7. The molecule has 0 aliphatic carbocycles. The first-order valence-corrected chi connectivity index (χ1v) is 7.76. The minimum Gasteiger partial charge on any atom is -0.497 e. The van der Waals surface area contributed by atoms with Gasteiger partial charge in [0.25, 0.3) is 0 Å². The van der Waals surface area contributed by atoms with E-state index in [9.17, 15) is 4.79 Å². The van der Waals surface area contributed by atoms with Crippen LogP contribution in [0.1, 0.15) is 10.7 Å². The first kappa shape index (κ1) is 16.2. The third kappa shape index (κ3) is 4.97. The Morgan fingerprint density at radius 1 is 1.32 bits per heavy atom. The van der Waals surface area contributed by atoms with Crippen LogP contribution in [0.2, 0.25) is 0 Å². The summed E-state index contributed by atoms with van der Waals surface area (Å²) in [4.78, 5) is 16.0. The molecule has 3 N–H and O–H groups in total. The van der Waals surface area contributed by atoms with Gasteiger partial charge in [-0.1, -0.05) is 0 Å². The van der Waals surface area contributed by atoms with Gasteiger partial charge in [0.05, 0.1) is 24.2 Å². The molecule has 1 heterocycles. The van der Waals surface area contributed by atoms with Gasteiger partial charge in [-0.15, -0.1) is 11.3 Å². The molecule has 0 spiro atoms. The van der Waals surface area contributed by atoms with Crippen molar-refractivity contribution in [1.82, 2.24) is 15.8 Å². The van der Waals surface area contributed by atoms with Crippen molar-refractivity contribution in [3.05, 3.63) is 40.3 Å². The highest BCUT2D eigenvalue weighted by Crippen LogP contribution is 2.14. The molecule has 6 nitrogen and oxygen atoms in total. The van der Waals surface area contributed by atoms with Crippen molar-refractivity contribution in [3.8, 4) is 5.75 Å². The minimum atomic E-state index is -0.204. The second-order valence-corrected chi connectivity index (χ2v) is 5.86. The van der Waals surface area contributed by atoms with Crippen LogP contribution in [-0.2, 0) is 11.2 Å². The van der Waals surface area contributed by atoms with Gasteiger partial charge in [-0.3, -0.25) is 15.6 Å². The van der Waals surface area contributed by atoms with E-state index in [2.05, 4.69) is 21.2 Å². The van der Waals surface area contributed by atoms with Crippen molar-refractivity contribution in [2.75, 3.05) is 12.4 Å². The summed E-state index contributed by atoms with van der Waals surface area (Å²) in [5.41, 5.74) is 6.72. The van der Waals surface area contributed by atoms with E-state index in [1.165, 1.54) is 11.3 Å². The Kier molecular flexibility index (Phi) is 5.68. The van der Waals surface area contributed by atoms with Crippen LogP contribution in [0.3, 0.4) is 0 Å². The molecule has 0 fully saturated rings. The number of carbonyl (C=O) groups is 1. The number of thiocarbonyl (C=S) groups is 1. The largest absolute Gasteiger partial charge is 0.497 e. The molecule has 2 rings (SSSR count). The number of amides is 1. The Balaban J connectivity index is 1.75. The van der Waals surface area contributed by atoms with Gasteiger partial charge in [0.1, 0.15) is 5.75 Å². The molecule has 0 saturated carbocycles. The Hall–Kier alpha value is -2.19. The molecule has 22 heavy (non-hydrogen) atoms. The molecule has 0 aliphatic rings. The number of hydrogen-bond acceptors (Lipinski definition) is 5. The molecule has 2 aromatic rings. The number of hydrazine groups is 1. The Morgan fingerprint density at radius 2 is 2.05 bits per heavy atom. The number of anilines is 1. The first-order chi connectivity index (χ1) is 10.6. The molecule has 0 aliphatic heterocycles. The second-order valence-electron chi connectivity index (χ2n) is 4.39. The highest BCUT2D eigenvalue weighted by molar-refractivity contribution is 7.80. The second kappa shape index (κ2) is 7.71. The quantitative estimate of drug-likeness (QED) is 0.586. The standard InChI is InChI=1S/C14H16N4O2S2/c1-9-15-11(8-22-9)7-13(19)17-18-14(21)16-10-3-5-12(20-2)6-4-10/h3-6,8H,7H2,1-2H3,(H,17,19)(H2,16,18,21). The van der Waals surface area contributed by atoms with E-state index in [1.54, 1.807) is 7.11 Å². The van der Waals surface area contributed by atoms with E-state index >= 15 is 0 Å². The van der Waals surface area contributed by atoms with Crippen LogP contribution in [0, 0.1) is 6.92 Å². The van der Waals surface area contributed by atoms with Crippen LogP contribution in [0.5, 0.6) is 5.75 Å². The van der Waals surface area contributed by atoms with Gasteiger partial charge in [0.15, 0.2) is 5.11 Å². The molecule has 0 unspecified atom stereocenters. The van der Waals surface area contributed by atoms with Crippen molar-refractivity contribution in [2.45, 2.75) is 13.3 Å². The summed E-state index contributed by atoms with van der Waals surface area (Å²) in [6, 6.07) is 7.28. The fourth-order valence-electron chi connectivity index (χ4n) is 1.66. The number of hydrogen-bond donors (Lipinski definition) is 3. The lowest BCUT2D eigenvalue weighted by Gasteiger charge is -2.11. The molecule has 0 saturated heterocycles. The fourth-order valence-corrected chi connectivity index (χ4v) is 2.44. The number of nitrogens with zero attached hydrogens (tertiary/aromatic N) is 1. The molecular formula is C14H16N4O2S2. The molecule has 8 heteroatoms. The number of methoxy groups -OCH3 is 1. The van der Waals surface area contributed by atoms with E-state index in [0.29, 0.717) is 5.11 Å². The van der Waals surface area contributed by atoms with Crippen LogP contribution in [0.4, 0.5) is 5.69 Å². The van der Waals surface area contributed by atoms with Crippen LogP contribution in [0.15, 0.2) is 29.6 Å². The number of rotatable bonds is 4. The number of benzene rings is 1. The smallest absolute Gasteiger partial charge is 0.244 e. The number of ether oxygens (including phenoxy) is 1. The van der Waals surface area contributed by atoms with E-state index in [0.717, 1.165) is 22.1 Å². The van der Waals surface area contributed by atoms with Crippen molar-refractivity contribution in [1.29, 1.82) is 0 Å². The molecule has 1 amide bonds. The van der Waals surface area contributed by atoms with E-state index in [-0.39, 0.29) is 12.3 Å². The maximum absolute atomic E-state index is 11.7. The third-order valence-electron chi connectivity index (χ3n) is 2.67. The Bertz CT molecular complexity index is 655. The van der Waals surface area contributed by atoms with Crippen LogP contribution < -0.4 is 20.9 Å². The van der Waals surface area contributed by atoms with Crippen LogP contribution in [0.25, 0.3) is 0 Å². The number of aryl methyl sites for hydroxylation is 1. The van der Waals surface area contributed by atoms with Gasteiger partial charge in [-0.25, -0.2) is 4.98 Å². The molecule has 0 atom stereocenters. The summed E-state index contributed by atoms with van der Waals surface area (Å²) in [5, 5.41) is 6.05. The minimum absolute atomic E-state index is 0.204. The molecule has 1 aromatic heterocycles. The summed E-state index contributed by atoms with van der Waals surface area (Å²) in [6.07, 6.45) is 0.211. The first-order valence-electron chi connectivity index (χ1n) is 6.47. The van der Waals surface area contributed by atoms with Gasteiger partial charge in [-0.2, -0.15) is 0 Å². The zero-order valence-corrected chi connectivity index (χ0v) is 13.8. The number of carbonyl (C=O) groups excluding carboxylic acids is 1. The average molecular weight is 336 g/mol. The molecule has 0 bridgehead atoms. The van der Waals surface area contributed by atoms with Gasteiger partial charge >= 0.3 is 0 Å². The van der Waals surface area contributed by atoms with Crippen LogP contribution in [-0.4, -0.2) is 23.1 Å². The van der Waals surface area contributed by atoms with Crippen molar-refractivity contribution < 1.29 is 9.53 Å². The Labute approximate surface area is 137 Å². The number of thiazole rings is 1. The average Bonchev–Trinajstić information content (AvgIpc) is 2.91. The van der Waals surface area contributed by atoms with Gasteiger partial charge in [0.2, 0.25) is 5.91 Å². The topological polar surface area (TPSA) is 75.3 Å². The zero-order chi connectivity index (χ0) is 15.9. The number of aromatic nitrogens is 1. The van der Waals surface area contributed by atoms with E-state index in [4.69, 9.17) is 17.0 Å². The lowest BCUT2D eigenvalue weighted by atomic mass is 10.3. The lowest BCUT2D eigenvalue weighted by Crippen LogP contribution is -2.44. The monoisotopic (exact) mass is 336 g/mol. The summed E-state index contributed by atoms with van der Waals surface area (Å²) < 4.78 is 5.07. The van der Waals surface area contributed by atoms with Gasteiger partial charge < -0.3 is 10.1 Å². The van der Waals surface area contributed by atoms with Gasteiger partial charge in [-0.05, 0) is 43.4 Å². The predicted molar refractivity (Wildman–Crippen MR) is 91.0 cm³/mol. The zero-order valence-electron chi connectivity index (χ0n) is 12.2. The predicted octanol–water partition coefficient (Wildman–Crippen LogP) is 2.02. The van der Waals surface area contributed by atoms with Crippen LogP contribution >= 0.6 is 23.6 Å². The summed E-state index contributed by atoms with van der Waals surface area (Å²) in [7, 11) is 1.61.